The summed E-state index contributed by atoms with van der Waals surface area (Å²) in [5, 5.41) is 3.46. The van der Waals surface area contributed by atoms with Crippen LogP contribution in [-0.2, 0) is 16.1 Å². The molecular weight excluding hydrogens is 331 g/mol. The van der Waals surface area contributed by atoms with Gasteiger partial charge in [-0.05, 0) is 48.4 Å². The Balaban J connectivity index is 1.64. The topological polar surface area (TPSA) is 41.6 Å². The fourth-order valence-corrected chi connectivity index (χ4v) is 4.52. The quantitative estimate of drug-likeness (QED) is 0.904. The summed E-state index contributed by atoms with van der Waals surface area (Å²) >= 11 is 5.95. The summed E-state index contributed by atoms with van der Waals surface area (Å²) in [7, 11) is 1.71. The molecule has 4 atom stereocenters. The number of hydrogen-bond donors (Lipinski definition) is 1. The van der Waals surface area contributed by atoms with Gasteiger partial charge in [-0.3, -0.25) is 9.69 Å². The van der Waals surface area contributed by atoms with Crippen molar-refractivity contribution in [2.75, 3.05) is 20.2 Å². The van der Waals surface area contributed by atoms with Gasteiger partial charge in [-0.2, -0.15) is 0 Å². The second kappa shape index (κ2) is 7.38. The number of halogens is 2. The maximum atomic E-state index is 13.5. The fourth-order valence-electron chi connectivity index (χ4n) is 4.27. The van der Waals surface area contributed by atoms with E-state index >= 15 is 0 Å². The van der Waals surface area contributed by atoms with Gasteiger partial charge < -0.3 is 10.1 Å². The molecule has 1 aliphatic carbocycles. The minimum absolute atomic E-state index is 0.00949. The number of hydrogen-bond acceptors (Lipinski definition) is 3. The van der Waals surface area contributed by atoms with Crippen LogP contribution in [0.4, 0.5) is 4.39 Å². The van der Waals surface area contributed by atoms with Crippen molar-refractivity contribution in [3.63, 3.8) is 0 Å². The lowest BCUT2D eigenvalue weighted by atomic mass is 9.77. The molecule has 0 radical (unpaired) electrons. The highest BCUT2D eigenvalue weighted by Crippen LogP contribution is 2.38. The lowest BCUT2D eigenvalue weighted by Gasteiger charge is -2.37. The van der Waals surface area contributed by atoms with Gasteiger partial charge in [-0.15, -0.1) is 0 Å². The maximum absolute atomic E-state index is 13.5. The SMILES string of the molecule is CO[C@@H]1C[C@H]2CN(Cc3cc(F)cc(Cl)c3)C[C@H]2C[C@H]1NC(C)=O. The largest absolute Gasteiger partial charge is 0.379 e. The monoisotopic (exact) mass is 354 g/mol. The number of ether oxygens (including phenoxy) is 1. The van der Waals surface area contributed by atoms with Crippen molar-refractivity contribution < 1.29 is 13.9 Å². The molecule has 4 nitrogen and oxygen atoms in total. The van der Waals surface area contributed by atoms with Crippen molar-refractivity contribution in [3.05, 3.63) is 34.6 Å². The molecule has 1 aromatic rings. The number of nitrogens with zero attached hydrogens (tertiary/aromatic N) is 1. The first-order chi connectivity index (χ1) is 11.4. The van der Waals surface area contributed by atoms with E-state index in [1.54, 1.807) is 20.1 Å². The molecule has 3 rings (SSSR count). The first-order valence-corrected chi connectivity index (χ1v) is 8.79. The molecule has 1 heterocycles. The molecule has 24 heavy (non-hydrogen) atoms. The molecule has 0 aromatic heterocycles. The average molecular weight is 355 g/mol. The Morgan fingerprint density at radius 1 is 1.33 bits per heavy atom. The molecule has 1 saturated carbocycles. The zero-order valence-corrected chi connectivity index (χ0v) is 14.9. The second-order valence-corrected chi connectivity index (χ2v) is 7.48. The Bertz CT molecular complexity index is 592. The molecule has 1 amide bonds. The second-order valence-electron chi connectivity index (χ2n) is 7.04. The van der Waals surface area contributed by atoms with E-state index in [4.69, 9.17) is 16.3 Å². The van der Waals surface area contributed by atoms with Crippen LogP contribution in [0.25, 0.3) is 0 Å². The highest BCUT2D eigenvalue weighted by atomic mass is 35.5. The number of likely N-dealkylation sites (tertiary alicyclic amines) is 1. The third-order valence-corrected chi connectivity index (χ3v) is 5.43. The molecule has 0 spiro atoms. The highest BCUT2D eigenvalue weighted by molar-refractivity contribution is 6.30. The van der Waals surface area contributed by atoms with Gasteiger partial charge in [0, 0.05) is 38.7 Å². The van der Waals surface area contributed by atoms with Crippen LogP contribution >= 0.6 is 11.6 Å². The van der Waals surface area contributed by atoms with Crippen LogP contribution in [0.1, 0.15) is 25.3 Å². The smallest absolute Gasteiger partial charge is 0.217 e. The molecule has 1 aromatic carbocycles. The van der Waals surface area contributed by atoms with E-state index in [1.165, 1.54) is 6.07 Å². The molecule has 0 bridgehead atoms. The van der Waals surface area contributed by atoms with Crippen molar-refractivity contribution in [2.45, 2.75) is 38.5 Å². The van der Waals surface area contributed by atoms with Crippen molar-refractivity contribution >= 4 is 17.5 Å². The maximum Gasteiger partial charge on any atom is 0.217 e. The van der Waals surface area contributed by atoms with E-state index in [0.717, 1.165) is 31.5 Å². The highest BCUT2D eigenvalue weighted by Gasteiger charge is 2.42. The molecule has 2 aliphatic rings. The van der Waals surface area contributed by atoms with Gasteiger partial charge in [0.25, 0.3) is 0 Å². The number of carbonyl (C=O) groups is 1. The van der Waals surface area contributed by atoms with E-state index in [1.807, 2.05) is 6.07 Å². The zero-order chi connectivity index (χ0) is 17.3. The number of amides is 1. The number of rotatable bonds is 4. The number of nitrogens with one attached hydrogen (secondary N) is 1. The van der Waals surface area contributed by atoms with Crippen LogP contribution < -0.4 is 5.32 Å². The van der Waals surface area contributed by atoms with Crippen molar-refractivity contribution in [1.82, 2.24) is 10.2 Å². The first-order valence-electron chi connectivity index (χ1n) is 8.42. The molecule has 1 aliphatic heterocycles. The van der Waals surface area contributed by atoms with Gasteiger partial charge >= 0.3 is 0 Å². The predicted octanol–water partition coefficient (Wildman–Crippen LogP) is 2.84. The summed E-state index contributed by atoms with van der Waals surface area (Å²) in [6.45, 7) is 4.19. The minimum Gasteiger partial charge on any atom is -0.379 e. The number of methoxy groups -OCH3 is 1. The molecule has 1 saturated heterocycles. The van der Waals surface area contributed by atoms with Crippen LogP contribution in [0.5, 0.6) is 0 Å². The molecular formula is C18H24ClFN2O2. The van der Waals surface area contributed by atoms with Crippen LogP contribution in [0.15, 0.2) is 18.2 Å². The van der Waals surface area contributed by atoms with Crippen LogP contribution in [0, 0.1) is 17.7 Å². The molecule has 132 valence electrons. The number of benzene rings is 1. The first kappa shape index (κ1) is 17.6. The van der Waals surface area contributed by atoms with E-state index < -0.39 is 0 Å². The van der Waals surface area contributed by atoms with E-state index in [2.05, 4.69) is 10.2 Å². The van der Waals surface area contributed by atoms with E-state index in [9.17, 15) is 9.18 Å². The Labute approximate surface area is 147 Å². The number of carbonyl (C=O) groups excluding carboxylic acids is 1. The summed E-state index contributed by atoms with van der Waals surface area (Å²) in [6, 6.07) is 4.78. The van der Waals surface area contributed by atoms with E-state index in [-0.39, 0.29) is 23.9 Å². The Hall–Kier alpha value is -1.17. The van der Waals surface area contributed by atoms with Gasteiger partial charge in [-0.25, -0.2) is 4.39 Å². The predicted molar refractivity (Wildman–Crippen MR) is 91.3 cm³/mol. The molecule has 6 heteroatoms. The zero-order valence-electron chi connectivity index (χ0n) is 14.1. The third-order valence-electron chi connectivity index (χ3n) is 5.21. The average Bonchev–Trinajstić information content (AvgIpc) is 2.85. The van der Waals surface area contributed by atoms with Gasteiger partial charge in [0.1, 0.15) is 5.82 Å². The summed E-state index contributed by atoms with van der Waals surface area (Å²) < 4.78 is 19.1. The van der Waals surface area contributed by atoms with E-state index in [0.29, 0.717) is 23.4 Å². The normalized spacial score (nSPS) is 30.2. The van der Waals surface area contributed by atoms with Gasteiger partial charge in [0.05, 0.1) is 12.1 Å². The lowest BCUT2D eigenvalue weighted by molar-refractivity contribution is -0.121. The van der Waals surface area contributed by atoms with Crippen LogP contribution in [0.2, 0.25) is 5.02 Å². The van der Waals surface area contributed by atoms with Gasteiger partial charge in [0.2, 0.25) is 5.91 Å². The van der Waals surface area contributed by atoms with Crippen molar-refractivity contribution in [1.29, 1.82) is 0 Å². The third kappa shape index (κ3) is 4.08. The molecule has 0 unspecified atom stereocenters. The Kier molecular flexibility index (Phi) is 5.42. The molecule has 2 fully saturated rings. The summed E-state index contributed by atoms with van der Waals surface area (Å²) in [6.07, 6.45) is 1.95. The summed E-state index contributed by atoms with van der Waals surface area (Å²) in [4.78, 5) is 13.8. The van der Waals surface area contributed by atoms with Gasteiger partial charge in [-0.1, -0.05) is 11.6 Å². The Morgan fingerprint density at radius 3 is 2.67 bits per heavy atom. The standard InChI is InChI=1S/C18H24ClFN2O2/c1-11(23)21-17-5-13-9-22(10-14(13)6-18(17)24-2)8-12-3-15(19)7-16(20)4-12/h3-4,7,13-14,17-18H,5-6,8-10H2,1-2H3,(H,21,23)/t13-,14+,17-,18-/m1/s1. The lowest BCUT2D eigenvalue weighted by Crippen LogP contribution is -2.49. The number of fused-ring (bicyclic) bond motifs is 1. The van der Waals surface area contributed by atoms with Crippen molar-refractivity contribution in [3.8, 4) is 0 Å². The van der Waals surface area contributed by atoms with Crippen molar-refractivity contribution in [2.24, 2.45) is 11.8 Å². The summed E-state index contributed by atoms with van der Waals surface area (Å²) in [5.74, 6) is 0.797. The summed E-state index contributed by atoms with van der Waals surface area (Å²) in [5.41, 5.74) is 0.903. The fraction of sp³-hybridized carbons (Fsp3) is 0.611. The van der Waals surface area contributed by atoms with Gasteiger partial charge in [0.15, 0.2) is 0 Å². The van der Waals surface area contributed by atoms with Crippen LogP contribution in [-0.4, -0.2) is 43.2 Å². The Morgan fingerprint density at radius 2 is 2.04 bits per heavy atom. The van der Waals surface area contributed by atoms with Crippen LogP contribution in [0.3, 0.4) is 0 Å². The molecule has 1 N–H and O–H groups in total. The minimum atomic E-state index is -0.292.